The molecule has 128 valence electrons. The van der Waals surface area contributed by atoms with E-state index in [1.807, 2.05) is 0 Å². The molecule has 0 aromatic heterocycles. The number of methoxy groups -OCH3 is 1. The summed E-state index contributed by atoms with van der Waals surface area (Å²) in [6.07, 6.45) is 3.65. The van der Waals surface area contributed by atoms with Crippen molar-refractivity contribution in [1.82, 2.24) is 10.6 Å². The van der Waals surface area contributed by atoms with E-state index in [-0.39, 0.29) is 11.9 Å². The van der Waals surface area contributed by atoms with Gasteiger partial charge < -0.3 is 20.1 Å². The number of rotatable bonds is 6. The normalized spacial score (nSPS) is 29.6. The fourth-order valence-corrected chi connectivity index (χ4v) is 3.86. The quantitative estimate of drug-likeness (QED) is 0.843. The Morgan fingerprint density at radius 1 is 1.35 bits per heavy atom. The van der Waals surface area contributed by atoms with E-state index in [9.17, 15) is 4.39 Å². The monoisotopic (exact) mass is 322 g/mol. The number of hydrogen-bond donors (Lipinski definition) is 2. The fourth-order valence-electron chi connectivity index (χ4n) is 3.86. The molecule has 0 radical (unpaired) electrons. The maximum Gasteiger partial charge on any atom is 0.123 e. The van der Waals surface area contributed by atoms with Crippen LogP contribution in [0.4, 0.5) is 4.39 Å². The van der Waals surface area contributed by atoms with E-state index in [1.54, 1.807) is 19.2 Å². The topological polar surface area (TPSA) is 42.5 Å². The molecule has 0 spiro atoms. The average Bonchev–Trinajstić information content (AvgIpc) is 3.06. The smallest absolute Gasteiger partial charge is 0.123 e. The minimum atomic E-state index is -0.212. The fraction of sp³-hybridized carbons (Fsp3) is 0.667. The first-order valence-corrected chi connectivity index (χ1v) is 8.60. The molecule has 23 heavy (non-hydrogen) atoms. The first-order valence-electron chi connectivity index (χ1n) is 8.60. The lowest BCUT2D eigenvalue weighted by atomic mass is 9.93. The van der Waals surface area contributed by atoms with Crippen LogP contribution in [0.1, 0.15) is 30.9 Å². The SMILES string of the molecule is COC(CNC1CCCC1C1COCCN1)c1ccc(F)cc1. The van der Waals surface area contributed by atoms with Gasteiger partial charge in [-0.15, -0.1) is 0 Å². The second-order valence-electron chi connectivity index (χ2n) is 6.52. The summed E-state index contributed by atoms with van der Waals surface area (Å²) in [6.45, 7) is 3.33. The highest BCUT2D eigenvalue weighted by atomic mass is 19.1. The van der Waals surface area contributed by atoms with Gasteiger partial charge in [0.05, 0.1) is 19.3 Å². The van der Waals surface area contributed by atoms with Crippen molar-refractivity contribution in [1.29, 1.82) is 0 Å². The molecule has 1 saturated carbocycles. The van der Waals surface area contributed by atoms with Crippen molar-refractivity contribution in [3.63, 3.8) is 0 Å². The van der Waals surface area contributed by atoms with Crippen LogP contribution in [0.25, 0.3) is 0 Å². The second kappa shape index (κ2) is 8.20. The molecule has 0 amide bonds. The standard InChI is InChI=1S/C18H27FN2O2/c1-22-18(13-5-7-14(19)8-6-13)11-21-16-4-2-3-15(16)17-12-23-10-9-20-17/h5-8,15-18,20-21H,2-4,9-12H2,1H3. The lowest BCUT2D eigenvalue weighted by Gasteiger charge is -2.33. The van der Waals surface area contributed by atoms with E-state index in [0.29, 0.717) is 18.0 Å². The molecule has 3 rings (SSSR count). The molecule has 2 N–H and O–H groups in total. The van der Waals surface area contributed by atoms with Crippen LogP contribution in [-0.4, -0.2) is 45.5 Å². The van der Waals surface area contributed by atoms with E-state index in [0.717, 1.165) is 31.9 Å². The summed E-state index contributed by atoms with van der Waals surface area (Å²) >= 11 is 0. The van der Waals surface area contributed by atoms with Crippen LogP contribution in [0, 0.1) is 11.7 Å². The van der Waals surface area contributed by atoms with Crippen LogP contribution in [0.15, 0.2) is 24.3 Å². The van der Waals surface area contributed by atoms with Gasteiger partial charge >= 0.3 is 0 Å². The molecule has 1 aliphatic carbocycles. The predicted octanol–water partition coefficient (Wildman–Crippen LogP) is 2.26. The Balaban J connectivity index is 1.56. The first-order chi connectivity index (χ1) is 11.3. The van der Waals surface area contributed by atoms with Gasteiger partial charge in [0, 0.05) is 32.3 Å². The molecule has 4 unspecified atom stereocenters. The molecule has 1 aromatic rings. The maximum absolute atomic E-state index is 13.1. The van der Waals surface area contributed by atoms with Gasteiger partial charge in [-0.05, 0) is 36.5 Å². The van der Waals surface area contributed by atoms with Crippen molar-refractivity contribution in [2.75, 3.05) is 33.4 Å². The maximum atomic E-state index is 13.1. The minimum Gasteiger partial charge on any atom is -0.379 e. The summed E-state index contributed by atoms with van der Waals surface area (Å²) in [7, 11) is 1.71. The Labute approximate surface area is 137 Å². The van der Waals surface area contributed by atoms with E-state index in [4.69, 9.17) is 9.47 Å². The highest BCUT2D eigenvalue weighted by Crippen LogP contribution is 2.30. The molecule has 0 bridgehead atoms. The van der Waals surface area contributed by atoms with Gasteiger partial charge in [-0.1, -0.05) is 18.6 Å². The molecule has 5 heteroatoms. The Bertz CT molecular complexity index is 476. The largest absolute Gasteiger partial charge is 0.379 e. The van der Waals surface area contributed by atoms with E-state index >= 15 is 0 Å². The zero-order valence-electron chi connectivity index (χ0n) is 13.8. The van der Waals surface area contributed by atoms with Crippen LogP contribution < -0.4 is 10.6 Å². The number of nitrogens with one attached hydrogen (secondary N) is 2. The third-order valence-corrected chi connectivity index (χ3v) is 5.13. The second-order valence-corrected chi connectivity index (χ2v) is 6.52. The highest BCUT2D eigenvalue weighted by Gasteiger charge is 2.34. The van der Waals surface area contributed by atoms with Crippen molar-refractivity contribution in [3.8, 4) is 0 Å². The van der Waals surface area contributed by atoms with E-state index in [1.165, 1.54) is 31.4 Å². The van der Waals surface area contributed by atoms with E-state index in [2.05, 4.69) is 10.6 Å². The Morgan fingerprint density at radius 3 is 2.87 bits per heavy atom. The Kier molecular flexibility index (Phi) is 6.00. The highest BCUT2D eigenvalue weighted by molar-refractivity contribution is 5.19. The van der Waals surface area contributed by atoms with Gasteiger partial charge in [0.1, 0.15) is 5.82 Å². The van der Waals surface area contributed by atoms with Gasteiger partial charge in [0.2, 0.25) is 0 Å². The predicted molar refractivity (Wildman–Crippen MR) is 87.9 cm³/mol. The molecular formula is C18H27FN2O2. The van der Waals surface area contributed by atoms with Gasteiger partial charge in [-0.3, -0.25) is 0 Å². The van der Waals surface area contributed by atoms with Gasteiger partial charge in [0.15, 0.2) is 0 Å². The lowest BCUT2D eigenvalue weighted by Crippen LogP contribution is -2.51. The minimum absolute atomic E-state index is 0.0487. The van der Waals surface area contributed by atoms with Crippen molar-refractivity contribution in [2.45, 2.75) is 37.5 Å². The summed E-state index contributed by atoms with van der Waals surface area (Å²) in [6, 6.07) is 7.52. The number of morpholine rings is 1. The molecule has 1 aromatic carbocycles. The third-order valence-electron chi connectivity index (χ3n) is 5.13. The first kappa shape index (κ1) is 16.8. The molecule has 1 aliphatic heterocycles. The van der Waals surface area contributed by atoms with Crippen molar-refractivity contribution >= 4 is 0 Å². The summed E-state index contributed by atoms with van der Waals surface area (Å²) in [5.74, 6) is 0.400. The van der Waals surface area contributed by atoms with Crippen LogP contribution in [0.3, 0.4) is 0 Å². The number of ether oxygens (including phenoxy) is 2. The molecule has 1 heterocycles. The molecule has 2 fully saturated rings. The van der Waals surface area contributed by atoms with Crippen LogP contribution >= 0.6 is 0 Å². The van der Waals surface area contributed by atoms with Crippen molar-refractivity contribution in [2.24, 2.45) is 5.92 Å². The van der Waals surface area contributed by atoms with Crippen LogP contribution in [0.5, 0.6) is 0 Å². The Morgan fingerprint density at radius 2 is 2.17 bits per heavy atom. The molecule has 1 saturated heterocycles. The molecular weight excluding hydrogens is 295 g/mol. The molecule has 4 nitrogen and oxygen atoms in total. The summed E-state index contributed by atoms with van der Waals surface area (Å²) < 4.78 is 24.3. The lowest BCUT2D eigenvalue weighted by molar-refractivity contribution is 0.0496. The third kappa shape index (κ3) is 4.29. The number of benzene rings is 1. The van der Waals surface area contributed by atoms with E-state index < -0.39 is 0 Å². The van der Waals surface area contributed by atoms with Gasteiger partial charge in [-0.2, -0.15) is 0 Å². The molecule has 2 aliphatic rings. The summed E-state index contributed by atoms with van der Waals surface area (Å²) in [5, 5.41) is 7.27. The van der Waals surface area contributed by atoms with Crippen LogP contribution in [0.2, 0.25) is 0 Å². The average molecular weight is 322 g/mol. The van der Waals surface area contributed by atoms with Crippen molar-refractivity contribution in [3.05, 3.63) is 35.6 Å². The Hall–Kier alpha value is -1.01. The summed E-state index contributed by atoms with van der Waals surface area (Å²) in [4.78, 5) is 0. The zero-order chi connectivity index (χ0) is 16.1. The van der Waals surface area contributed by atoms with Gasteiger partial charge in [0.25, 0.3) is 0 Å². The summed E-state index contributed by atoms with van der Waals surface area (Å²) in [5.41, 5.74) is 1.01. The number of hydrogen-bond acceptors (Lipinski definition) is 4. The van der Waals surface area contributed by atoms with Crippen molar-refractivity contribution < 1.29 is 13.9 Å². The zero-order valence-corrected chi connectivity index (χ0v) is 13.8. The molecule has 4 atom stereocenters. The van der Waals surface area contributed by atoms with Gasteiger partial charge in [-0.25, -0.2) is 4.39 Å². The number of halogens is 1. The van der Waals surface area contributed by atoms with Crippen LogP contribution in [-0.2, 0) is 9.47 Å².